The predicted octanol–water partition coefficient (Wildman–Crippen LogP) is 2.57. The van der Waals surface area contributed by atoms with Crippen molar-refractivity contribution in [1.82, 2.24) is 0 Å². The number of aliphatic hydroxyl groups excluding tert-OH is 1. The Morgan fingerprint density at radius 3 is 2.72 bits per heavy atom. The highest BCUT2D eigenvalue weighted by Gasteiger charge is 2.03. The molecule has 96 valence electrons. The Morgan fingerprint density at radius 1 is 1.33 bits per heavy atom. The summed E-state index contributed by atoms with van der Waals surface area (Å²) >= 11 is 0. The first-order chi connectivity index (χ1) is 8.74. The van der Waals surface area contributed by atoms with Gasteiger partial charge in [0.25, 0.3) is 0 Å². The predicted molar refractivity (Wildman–Crippen MR) is 71.9 cm³/mol. The van der Waals surface area contributed by atoms with Crippen LogP contribution in [0.15, 0.2) is 48.1 Å². The molecule has 0 bridgehead atoms. The van der Waals surface area contributed by atoms with Gasteiger partial charge in [-0.2, -0.15) is 0 Å². The second kappa shape index (κ2) is 8.25. The molecule has 0 spiro atoms. The summed E-state index contributed by atoms with van der Waals surface area (Å²) in [5, 5.41) is 8.57. The molecule has 0 amide bonds. The maximum Gasteiger partial charge on any atom is 0.333 e. The molecule has 0 radical (unpaired) electrons. The van der Waals surface area contributed by atoms with Crippen molar-refractivity contribution >= 4 is 12.0 Å². The molecular weight excluding hydrogens is 228 g/mol. The largest absolute Gasteiger partial charge is 0.462 e. The molecule has 1 rings (SSSR count). The van der Waals surface area contributed by atoms with E-state index >= 15 is 0 Å². The fraction of sp³-hybridized carbons (Fsp3) is 0.267. The number of hydrogen-bond acceptors (Lipinski definition) is 3. The highest BCUT2D eigenvalue weighted by molar-refractivity contribution is 5.88. The molecule has 0 heterocycles. The van der Waals surface area contributed by atoms with E-state index in [1.54, 1.807) is 13.0 Å². The zero-order valence-corrected chi connectivity index (χ0v) is 10.5. The lowest BCUT2D eigenvalue weighted by Gasteiger charge is -2.02. The second-order valence-corrected chi connectivity index (χ2v) is 3.83. The summed E-state index contributed by atoms with van der Waals surface area (Å²) in [5.74, 6) is -0.346. The van der Waals surface area contributed by atoms with Gasteiger partial charge in [-0.3, -0.25) is 0 Å². The SMILES string of the molecule is CC(=CC=Cc1ccccc1)C(=O)OCCCO. The number of esters is 1. The van der Waals surface area contributed by atoms with Crippen LogP contribution < -0.4 is 0 Å². The zero-order chi connectivity index (χ0) is 13.2. The van der Waals surface area contributed by atoms with Gasteiger partial charge in [-0.15, -0.1) is 0 Å². The number of hydrogen-bond donors (Lipinski definition) is 1. The highest BCUT2D eigenvalue weighted by Crippen LogP contribution is 2.03. The molecule has 0 saturated heterocycles. The monoisotopic (exact) mass is 246 g/mol. The summed E-state index contributed by atoms with van der Waals surface area (Å²) in [6, 6.07) is 9.84. The minimum Gasteiger partial charge on any atom is -0.462 e. The van der Waals surface area contributed by atoms with E-state index < -0.39 is 0 Å². The van der Waals surface area contributed by atoms with Gasteiger partial charge in [0.15, 0.2) is 0 Å². The number of allylic oxidation sites excluding steroid dienone is 2. The van der Waals surface area contributed by atoms with Gasteiger partial charge in [0, 0.05) is 18.6 Å². The number of benzene rings is 1. The number of carbonyl (C=O) groups is 1. The maximum atomic E-state index is 11.5. The topological polar surface area (TPSA) is 46.5 Å². The molecule has 0 saturated carbocycles. The Hall–Kier alpha value is -1.87. The highest BCUT2D eigenvalue weighted by atomic mass is 16.5. The summed E-state index contributed by atoms with van der Waals surface area (Å²) in [6.07, 6.45) is 5.93. The lowest BCUT2D eigenvalue weighted by Crippen LogP contribution is -2.07. The Morgan fingerprint density at radius 2 is 2.06 bits per heavy atom. The van der Waals surface area contributed by atoms with Crippen LogP contribution in [0.1, 0.15) is 18.9 Å². The van der Waals surface area contributed by atoms with E-state index in [0.717, 1.165) is 5.56 Å². The van der Waals surface area contributed by atoms with E-state index in [2.05, 4.69) is 0 Å². The maximum absolute atomic E-state index is 11.5. The van der Waals surface area contributed by atoms with Crippen molar-refractivity contribution in [3.63, 3.8) is 0 Å². The van der Waals surface area contributed by atoms with Crippen molar-refractivity contribution in [1.29, 1.82) is 0 Å². The van der Waals surface area contributed by atoms with Crippen molar-refractivity contribution in [2.45, 2.75) is 13.3 Å². The molecule has 0 aromatic heterocycles. The van der Waals surface area contributed by atoms with Crippen LogP contribution >= 0.6 is 0 Å². The van der Waals surface area contributed by atoms with Crippen LogP contribution in [0.3, 0.4) is 0 Å². The molecule has 0 unspecified atom stereocenters. The van der Waals surface area contributed by atoms with Gasteiger partial charge >= 0.3 is 5.97 Å². The summed E-state index contributed by atoms with van der Waals surface area (Å²) in [4.78, 5) is 11.5. The van der Waals surface area contributed by atoms with Gasteiger partial charge in [-0.05, 0) is 12.5 Å². The first kappa shape index (κ1) is 14.2. The van der Waals surface area contributed by atoms with E-state index in [9.17, 15) is 4.79 Å². The summed E-state index contributed by atoms with van der Waals surface area (Å²) in [6.45, 7) is 1.99. The van der Waals surface area contributed by atoms with Gasteiger partial charge in [0.1, 0.15) is 0 Å². The number of aliphatic hydroxyl groups is 1. The van der Waals surface area contributed by atoms with E-state index in [-0.39, 0.29) is 19.2 Å². The van der Waals surface area contributed by atoms with Crippen LogP contribution in [0.4, 0.5) is 0 Å². The third kappa shape index (κ3) is 5.46. The van der Waals surface area contributed by atoms with Crippen LogP contribution in [0, 0.1) is 0 Å². The van der Waals surface area contributed by atoms with Crippen molar-refractivity contribution in [2.75, 3.05) is 13.2 Å². The van der Waals surface area contributed by atoms with Crippen LogP contribution in [-0.2, 0) is 9.53 Å². The first-order valence-electron chi connectivity index (χ1n) is 5.92. The van der Waals surface area contributed by atoms with Gasteiger partial charge in [-0.1, -0.05) is 48.6 Å². The quantitative estimate of drug-likeness (QED) is 0.363. The molecular formula is C15H18O3. The molecule has 18 heavy (non-hydrogen) atoms. The number of ether oxygens (including phenoxy) is 1. The van der Waals surface area contributed by atoms with Crippen molar-refractivity contribution < 1.29 is 14.6 Å². The molecule has 0 aliphatic heterocycles. The fourth-order valence-corrected chi connectivity index (χ4v) is 1.28. The first-order valence-corrected chi connectivity index (χ1v) is 5.92. The van der Waals surface area contributed by atoms with Gasteiger partial charge in [-0.25, -0.2) is 4.79 Å². The van der Waals surface area contributed by atoms with Crippen LogP contribution in [-0.4, -0.2) is 24.3 Å². The average Bonchev–Trinajstić information content (AvgIpc) is 2.40. The molecule has 0 aliphatic carbocycles. The Labute approximate surface area is 107 Å². The summed E-state index contributed by atoms with van der Waals surface area (Å²) in [5.41, 5.74) is 1.62. The fourth-order valence-electron chi connectivity index (χ4n) is 1.28. The normalized spacial score (nSPS) is 11.8. The minimum absolute atomic E-state index is 0.0317. The molecule has 1 N–H and O–H groups in total. The molecule has 1 aromatic rings. The number of carbonyl (C=O) groups excluding carboxylic acids is 1. The van der Waals surface area contributed by atoms with Gasteiger partial charge < -0.3 is 9.84 Å². The molecule has 1 aromatic carbocycles. The van der Waals surface area contributed by atoms with Crippen LogP contribution in [0.25, 0.3) is 6.08 Å². The Bertz CT molecular complexity index is 419. The zero-order valence-electron chi connectivity index (χ0n) is 10.5. The van der Waals surface area contributed by atoms with Crippen LogP contribution in [0.5, 0.6) is 0 Å². The van der Waals surface area contributed by atoms with Gasteiger partial charge in [0.05, 0.1) is 6.61 Å². The van der Waals surface area contributed by atoms with E-state index in [4.69, 9.17) is 9.84 Å². The van der Waals surface area contributed by atoms with Crippen molar-refractivity contribution in [3.8, 4) is 0 Å². The van der Waals surface area contributed by atoms with E-state index in [1.807, 2.05) is 42.5 Å². The average molecular weight is 246 g/mol. The molecule has 3 nitrogen and oxygen atoms in total. The smallest absolute Gasteiger partial charge is 0.333 e. The molecule has 0 atom stereocenters. The van der Waals surface area contributed by atoms with Crippen molar-refractivity contribution in [3.05, 3.63) is 53.6 Å². The van der Waals surface area contributed by atoms with Crippen molar-refractivity contribution in [2.24, 2.45) is 0 Å². The third-order valence-electron chi connectivity index (χ3n) is 2.29. The minimum atomic E-state index is -0.346. The van der Waals surface area contributed by atoms with E-state index in [0.29, 0.717) is 12.0 Å². The Kier molecular flexibility index (Phi) is 6.51. The molecule has 0 aliphatic rings. The van der Waals surface area contributed by atoms with Gasteiger partial charge in [0.2, 0.25) is 0 Å². The summed E-state index contributed by atoms with van der Waals surface area (Å²) < 4.78 is 4.95. The van der Waals surface area contributed by atoms with Crippen LogP contribution in [0.2, 0.25) is 0 Å². The lowest BCUT2D eigenvalue weighted by atomic mass is 10.2. The Balaban J connectivity index is 2.46. The molecule has 3 heteroatoms. The standard InChI is InChI=1S/C15H18O3/c1-13(15(17)18-12-6-11-16)7-5-10-14-8-3-2-4-9-14/h2-5,7-10,16H,6,11-12H2,1H3. The lowest BCUT2D eigenvalue weighted by molar-refractivity contribution is -0.139. The third-order valence-corrected chi connectivity index (χ3v) is 2.29. The number of rotatable bonds is 6. The van der Waals surface area contributed by atoms with E-state index in [1.165, 1.54) is 0 Å². The molecule has 0 fully saturated rings. The summed E-state index contributed by atoms with van der Waals surface area (Å²) in [7, 11) is 0. The second-order valence-electron chi connectivity index (χ2n) is 3.83.